The molecule has 6 nitrogen and oxygen atoms in total. The third-order valence-electron chi connectivity index (χ3n) is 4.08. The second-order valence-corrected chi connectivity index (χ2v) is 5.92. The first-order valence-corrected chi connectivity index (χ1v) is 8.18. The average Bonchev–Trinajstić information content (AvgIpc) is 2.94. The number of imidazole rings is 1. The third-order valence-corrected chi connectivity index (χ3v) is 4.08. The molecule has 0 N–H and O–H groups in total. The van der Waals surface area contributed by atoms with E-state index >= 15 is 0 Å². The first-order valence-electron chi connectivity index (χ1n) is 8.18. The number of hydrogen-bond acceptors (Lipinski definition) is 4. The summed E-state index contributed by atoms with van der Waals surface area (Å²) < 4.78 is 45.5. The second kappa shape index (κ2) is 6.99. The van der Waals surface area contributed by atoms with E-state index in [0.29, 0.717) is 37.8 Å². The zero-order chi connectivity index (χ0) is 18.0. The molecule has 3 heterocycles. The smallest absolute Gasteiger partial charge is 0.381 e. The summed E-state index contributed by atoms with van der Waals surface area (Å²) in [6.07, 6.45) is -2.45. The van der Waals surface area contributed by atoms with Gasteiger partial charge in [0, 0.05) is 25.9 Å². The van der Waals surface area contributed by atoms with Gasteiger partial charge >= 0.3 is 6.18 Å². The number of hydrogen-bond donors (Lipinski definition) is 0. The number of nitrogens with zero attached hydrogens (tertiary/aromatic N) is 4. The Balaban J connectivity index is 1.74. The number of amides is 1. The summed E-state index contributed by atoms with van der Waals surface area (Å²) in [5.74, 6) is 0.509. The Labute approximate surface area is 142 Å². The van der Waals surface area contributed by atoms with Gasteiger partial charge in [-0.3, -0.25) is 4.79 Å². The summed E-state index contributed by atoms with van der Waals surface area (Å²) in [5, 5.41) is 0. The summed E-state index contributed by atoms with van der Waals surface area (Å²) in [6, 6.07) is 0.998. The number of halogens is 3. The van der Waals surface area contributed by atoms with Crippen LogP contribution in [-0.2, 0) is 28.8 Å². The Bertz CT molecular complexity index is 773. The molecule has 1 aliphatic heterocycles. The minimum absolute atomic E-state index is 0.0432. The standard InChI is InChI=1S/C16H19F3N4O2/c1-2-6-25-7-3-14(24)22-4-5-23-13(10-22)21-12-8-11(16(17,18)19)9-20-15(12)23/h8-9H,2-7,10H2,1H3. The maximum atomic E-state index is 12.8. The normalized spacial score (nSPS) is 14.8. The van der Waals surface area contributed by atoms with Crippen LogP contribution in [0.15, 0.2) is 12.3 Å². The number of alkyl halides is 3. The van der Waals surface area contributed by atoms with Crippen molar-refractivity contribution >= 4 is 17.1 Å². The minimum atomic E-state index is -4.45. The fourth-order valence-electron chi connectivity index (χ4n) is 2.82. The molecule has 0 aliphatic carbocycles. The molecule has 0 atom stereocenters. The van der Waals surface area contributed by atoms with Gasteiger partial charge in [-0.1, -0.05) is 6.92 Å². The van der Waals surface area contributed by atoms with E-state index in [4.69, 9.17) is 4.74 Å². The average molecular weight is 356 g/mol. The summed E-state index contributed by atoms with van der Waals surface area (Å²) in [6.45, 7) is 4.20. The fraction of sp³-hybridized carbons (Fsp3) is 0.562. The van der Waals surface area contributed by atoms with E-state index in [1.807, 2.05) is 6.92 Å². The molecule has 0 saturated carbocycles. The molecule has 0 bridgehead atoms. The minimum Gasteiger partial charge on any atom is -0.381 e. The SMILES string of the molecule is CCCOCCC(=O)N1CCn2c(nc3cc(C(F)(F)F)cnc32)C1. The molecule has 1 aliphatic rings. The number of ether oxygens (including phenoxy) is 1. The number of rotatable bonds is 5. The van der Waals surface area contributed by atoms with Crippen LogP contribution in [0.4, 0.5) is 13.2 Å². The maximum absolute atomic E-state index is 12.8. The highest BCUT2D eigenvalue weighted by atomic mass is 19.4. The topological polar surface area (TPSA) is 60.2 Å². The molecule has 0 unspecified atom stereocenters. The van der Waals surface area contributed by atoms with Crippen molar-refractivity contribution < 1.29 is 22.7 Å². The number of aromatic nitrogens is 3. The summed E-state index contributed by atoms with van der Waals surface area (Å²) in [4.78, 5) is 22.0. The van der Waals surface area contributed by atoms with Crippen LogP contribution in [0.25, 0.3) is 11.2 Å². The van der Waals surface area contributed by atoms with Crippen molar-refractivity contribution in [1.82, 2.24) is 19.4 Å². The number of carbonyl (C=O) groups is 1. The van der Waals surface area contributed by atoms with Gasteiger partial charge in [0.1, 0.15) is 11.3 Å². The lowest BCUT2D eigenvalue weighted by molar-refractivity contribution is -0.137. The molecule has 2 aromatic heterocycles. The first-order chi connectivity index (χ1) is 11.9. The van der Waals surface area contributed by atoms with E-state index in [1.54, 1.807) is 9.47 Å². The zero-order valence-corrected chi connectivity index (χ0v) is 13.8. The molecule has 0 aromatic carbocycles. The van der Waals surface area contributed by atoms with Crippen LogP contribution in [0, 0.1) is 0 Å². The third kappa shape index (κ3) is 3.76. The van der Waals surface area contributed by atoms with E-state index in [-0.39, 0.29) is 24.4 Å². The van der Waals surface area contributed by atoms with Gasteiger partial charge in [0.05, 0.1) is 25.1 Å². The van der Waals surface area contributed by atoms with Crippen LogP contribution < -0.4 is 0 Å². The van der Waals surface area contributed by atoms with Crippen molar-refractivity contribution in [2.24, 2.45) is 0 Å². The van der Waals surface area contributed by atoms with Crippen LogP contribution in [0.2, 0.25) is 0 Å². The predicted octanol–water partition coefficient (Wildman–Crippen LogP) is 2.61. The van der Waals surface area contributed by atoms with Gasteiger partial charge in [0.25, 0.3) is 0 Å². The molecular formula is C16H19F3N4O2. The summed E-state index contributed by atoms with van der Waals surface area (Å²) in [5.41, 5.74) is -0.205. The van der Waals surface area contributed by atoms with E-state index in [0.717, 1.165) is 18.7 Å². The molecule has 3 rings (SSSR count). The Hall–Kier alpha value is -2.16. The highest BCUT2D eigenvalue weighted by Crippen LogP contribution is 2.31. The molecule has 136 valence electrons. The zero-order valence-electron chi connectivity index (χ0n) is 13.8. The Kier molecular flexibility index (Phi) is 4.94. The van der Waals surface area contributed by atoms with Crippen molar-refractivity contribution in [2.75, 3.05) is 19.8 Å². The Morgan fingerprint density at radius 3 is 2.84 bits per heavy atom. The number of carbonyl (C=O) groups excluding carboxylic acids is 1. The molecular weight excluding hydrogens is 337 g/mol. The van der Waals surface area contributed by atoms with Crippen molar-refractivity contribution in [1.29, 1.82) is 0 Å². The van der Waals surface area contributed by atoms with Gasteiger partial charge in [-0.05, 0) is 12.5 Å². The van der Waals surface area contributed by atoms with Crippen molar-refractivity contribution in [2.45, 2.75) is 39.0 Å². The van der Waals surface area contributed by atoms with Crippen LogP contribution in [0.5, 0.6) is 0 Å². The van der Waals surface area contributed by atoms with Gasteiger partial charge in [0.2, 0.25) is 5.91 Å². The van der Waals surface area contributed by atoms with Crippen molar-refractivity contribution in [3.63, 3.8) is 0 Å². The lowest BCUT2D eigenvalue weighted by atomic mass is 10.2. The lowest BCUT2D eigenvalue weighted by Crippen LogP contribution is -2.38. The van der Waals surface area contributed by atoms with Crippen molar-refractivity contribution in [3.05, 3.63) is 23.7 Å². The Morgan fingerprint density at radius 1 is 1.32 bits per heavy atom. The largest absolute Gasteiger partial charge is 0.417 e. The van der Waals surface area contributed by atoms with Crippen LogP contribution in [-0.4, -0.2) is 45.1 Å². The number of fused-ring (bicyclic) bond motifs is 3. The molecule has 25 heavy (non-hydrogen) atoms. The van der Waals surface area contributed by atoms with Crippen LogP contribution in [0.1, 0.15) is 31.2 Å². The van der Waals surface area contributed by atoms with Gasteiger partial charge in [-0.25, -0.2) is 9.97 Å². The van der Waals surface area contributed by atoms with E-state index in [1.165, 1.54) is 0 Å². The molecule has 2 aromatic rings. The molecule has 0 saturated heterocycles. The fourth-order valence-corrected chi connectivity index (χ4v) is 2.82. The first kappa shape index (κ1) is 17.7. The van der Waals surface area contributed by atoms with E-state index < -0.39 is 11.7 Å². The maximum Gasteiger partial charge on any atom is 0.417 e. The number of pyridine rings is 1. The predicted molar refractivity (Wildman–Crippen MR) is 83.7 cm³/mol. The second-order valence-electron chi connectivity index (χ2n) is 5.92. The quantitative estimate of drug-likeness (QED) is 0.773. The van der Waals surface area contributed by atoms with Crippen LogP contribution in [0.3, 0.4) is 0 Å². The van der Waals surface area contributed by atoms with Gasteiger partial charge in [-0.15, -0.1) is 0 Å². The molecule has 0 spiro atoms. The van der Waals surface area contributed by atoms with Gasteiger partial charge in [0.15, 0.2) is 5.65 Å². The van der Waals surface area contributed by atoms with Gasteiger partial charge in [-0.2, -0.15) is 13.2 Å². The monoisotopic (exact) mass is 356 g/mol. The highest BCUT2D eigenvalue weighted by molar-refractivity contribution is 5.77. The van der Waals surface area contributed by atoms with E-state index in [9.17, 15) is 18.0 Å². The summed E-state index contributed by atoms with van der Waals surface area (Å²) in [7, 11) is 0. The highest BCUT2D eigenvalue weighted by Gasteiger charge is 2.32. The van der Waals surface area contributed by atoms with E-state index in [2.05, 4.69) is 9.97 Å². The van der Waals surface area contributed by atoms with Gasteiger partial charge < -0.3 is 14.2 Å². The van der Waals surface area contributed by atoms with Crippen molar-refractivity contribution in [3.8, 4) is 0 Å². The summed E-state index contributed by atoms with van der Waals surface area (Å²) >= 11 is 0. The molecule has 9 heteroatoms. The molecule has 0 fully saturated rings. The lowest BCUT2D eigenvalue weighted by Gasteiger charge is -2.27. The molecule has 0 radical (unpaired) electrons. The Morgan fingerprint density at radius 2 is 2.12 bits per heavy atom. The van der Waals surface area contributed by atoms with Crippen LogP contribution >= 0.6 is 0 Å². The molecule has 1 amide bonds.